The Morgan fingerprint density at radius 2 is 1.93 bits per heavy atom. The van der Waals surface area contributed by atoms with Crippen molar-refractivity contribution in [1.82, 2.24) is 19.9 Å². The highest BCUT2D eigenvalue weighted by atomic mass is 19.1. The summed E-state index contributed by atoms with van der Waals surface area (Å²) in [4.78, 5) is 21.3. The Morgan fingerprint density at radius 1 is 1.10 bits per heavy atom. The number of urea groups is 1. The van der Waals surface area contributed by atoms with Crippen LogP contribution < -0.4 is 10.6 Å². The van der Waals surface area contributed by atoms with Gasteiger partial charge in [-0.2, -0.15) is 0 Å². The molecular weight excluding hydrogens is 381 g/mol. The van der Waals surface area contributed by atoms with Crippen LogP contribution in [-0.4, -0.2) is 27.1 Å². The summed E-state index contributed by atoms with van der Waals surface area (Å²) in [7, 11) is 0. The fourth-order valence-corrected chi connectivity index (χ4v) is 3.26. The lowest BCUT2D eigenvalue weighted by Crippen LogP contribution is -2.31. The van der Waals surface area contributed by atoms with Gasteiger partial charge in [-0.1, -0.05) is 36.4 Å². The predicted octanol–water partition coefficient (Wildman–Crippen LogP) is 4.29. The molecule has 0 fully saturated rings. The first-order valence-corrected chi connectivity index (χ1v) is 9.75. The Morgan fingerprint density at radius 3 is 2.73 bits per heavy atom. The molecule has 4 aromatic rings. The van der Waals surface area contributed by atoms with E-state index in [0.29, 0.717) is 30.8 Å². The van der Waals surface area contributed by atoms with E-state index in [0.717, 1.165) is 22.6 Å². The van der Waals surface area contributed by atoms with Gasteiger partial charge >= 0.3 is 6.03 Å². The maximum absolute atomic E-state index is 13.6. The molecule has 0 saturated carbocycles. The molecule has 2 aromatic heterocycles. The average molecular weight is 403 g/mol. The topological polar surface area (TPSA) is 71.8 Å². The number of nitrogens with zero attached hydrogens (tertiary/aromatic N) is 3. The van der Waals surface area contributed by atoms with Crippen LogP contribution in [0.15, 0.2) is 66.9 Å². The summed E-state index contributed by atoms with van der Waals surface area (Å²) in [6, 6.07) is 18.1. The van der Waals surface area contributed by atoms with Crippen LogP contribution in [0.1, 0.15) is 17.0 Å². The van der Waals surface area contributed by atoms with Crippen LogP contribution in [0.5, 0.6) is 0 Å². The maximum Gasteiger partial charge on any atom is 0.319 e. The van der Waals surface area contributed by atoms with E-state index in [9.17, 15) is 9.18 Å². The Hall–Kier alpha value is -3.74. The summed E-state index contributed by atoms with van der Waals surface area (Å²) in [6.07, 6.45) is 2.29. The van der Waals surface area contributed by atoms with Crippen LogP contribution in [0.4, 0.5) is 14.9 Å². The van der Waals surface area contributed by atoms with E-state index in [1.54, 1.807) is 25.3 Å². The number of nitrogens with one attached hydrogen (secondary N) is 2. The van der Waals surface area contributed by atoms with Crippen molar-refractivity contribution in [2.45, 2.75) is 19.9 Å². The van der Waals surface area contributed by atoms with Gasteiger partial charge < -0.3 is 15.2 Å². The minimum Gasteiger partial charge on any atom is -0.337 e. The van der Waals surface area contributed by atoms with E-state index in [-0.39, 0.29) is 11.8 Å². The summed E-state index contributed by atoms with van der Waals surface area (Å²) < 4.78 is 15.7. The molecule has 152 valence electrons. The van der Waals surface area contributed by atoms with Gasteiger partial charge in [0.05, 0.1) is 6.54 Å². The number of aryl methyl sites for hydroxylation is 1. The molecule has 30 heavy (non-hydrogen) atoms. The van der Waals surface area contributed by atoms with Gasteiger partial charge in [0.1, 0.15) is 17.2 Å². The number of rotatable bonds is 6. The number of carbonyl (C=O) groups excluding carboxylic acids is 1. The molecule has 0 aliphatic heterocycles. The van der Waals surface area contributed by atoms with Gasteiger partial charge in [-0.25, -0.2) is 19.2 Å². The van der Waals surface area contributed by atoms with E-state index in [1.165, 1.54) is 6.07 Å². The monoisotopic (exact) mass is 403 g/mol. The number of hydrogen-bond donors (Lipinski definition) is 2. The number of anilines is 1. The number of halogens is 1. The quantitative estimate of drug-likeness (QED) is 0.504. The van der Waals surface area contributed by atoms with E-state index < -0.39 is 0 Å². The van der Waals surface area contributed by atoms with Crippen LogP contribution in [0.25, 0.3) is 11.2 Å². The standard InChI is InChI=1S/C23H22FN5O/c1-16-9-10-18(14-19(16)24)27-23(30)26-13-11-21-28-20-8-5-12-25-22(20)29(21)15-17-6-3-2-4-7-17/h2-10,12,14H,11,13,15H2,1H3,(H2,26,27,30). The molecule has 0 aliphatic rings. The third kappa shape index (κ3) is 4.46. The molecule has 2 amide bonds. The van der Waals surface area contributed by atoms with Crippen LogP contribution in [0, 0.1) is 12.7 Å². The molecule has 2 heterocycles. The second-order valence-electron chi connectivity index (χ2n) is 7.04. The van der Waals surface area contributed by atoms with Crippen LogP contribution >= 0.6 is 0 Å². The average Bonchev–Trinajstić information content (AvgIpc) is 3.09. The van der Waals surface area contributed by atoms with Crippen molar-refractivity contribution < 1.29 is 9.18 Å². The molecule has 6 nitrogen and oxygen atoms in total. The van der Waals surface area contributed by atoms with Gasteiger partial charge in [-0.15, -0.1) is 0 Å². The van der Waals surface area contributed by atoms with Gasteiger partial charge in [0.15, 0.2) is 5.65 Å². The van der Waals surface area contributed by atoms with Crippen molar-refractivity contribution in [3.63, 3.8) is 0 Å². The van der Waals surface area contributed by atoms with Crippen molar-refractivity contribution >= 4 is 22.9 Å². The first kappa shape index (κ1) is 19.6. The highest BCUT2D eigenvalue weighted by Crippen LogP contribution is 2.17. The Kier molecular flexibility index (Phi) is 5.70. The lowest BCUT2D eigenvalue weighted by Gasteiger charge is -2.10. The second-order valence-corrected chi connectivity index (χ2v) is 7.04. The number of pyridine rings is 1. The highest BCUT2D eigenvalue weighted by Gasteiger charge is 2.12. The molecule has 7 heteroatoms. The zero-order valence-corrected chi connectivity index (χ0v) is 16.6. The number of amides is 2. The van der Waals surface area contributed by atoms with Gasteiger partial charge in [-0.3, -0.25) is 0 Å². The maximum atomic E-state index is 13.6. The number of benzene rings is 2. The molecule has 0 unspecified atom stereocenters. The molecule has 0 bridgehead atoms. The van der Waals surface area contributed by atoms with E-state index >= 15 is 0 Å². The van der Waals surface area contributed by atoms with Crippen molar-refractivity contribution in [2.75, 3.05) is 11.9 Å². The fourth-order valence-electron chi connectivity index (χ4n) is 3.26. The Balaban J connectivity index is 1.44. The molecule has 0 radical (unpaired) electrons. The Bertz CT molecular complexity index is 1170. The third-order valence-corrected chi connectivity index (χ3v) is 4.83. The molecule has 2 N–H and O–H groups in total. The molecule has 0 saturated heterocycles. The molecular formula is C23H22FN5O. The van der Waals surface area contributed by atoms with Crippen molar-refractivity contribution in [3.8, 4) is 0 Å². The number of carbonyl (C=O) groups is 1. The van der Waals surface area contributed by atoms with Crippen LogP contribution in [0.2, 0.25) is 0 Å². The molecule has 2 aromatic carbocycles. The largest absolute Gasteiger partial charge is 0.337 e. The number of imidazole rings is 1. The number of aromatic nitrogens is 3. The zero-order valence-electron chi connectivity index (χ0n) is 16.6. The molecule has 4 rings (SSSR count). The molecule has 0 spiro atoms. The zero-order chi connectivity index (χ0) is 20.9. The lowest BCUT2D eigenvalue weighted by molar-refractivity contribution is 0.252. The normalized spacial score (nSPS) is 10.9. The SMILES string of the molecule is Cc1ccc(NC(=O)NCCc2nc3cccnc3n2Cc2ccccc2)cc1F. The highest BCUT2D eigenvalue weighted by molar-refractivity contribution is 5.89. The fraction of sp³-hybridized carbons (Fsp3) is 0.174. The Labute approximate surface area is 173 Å². The first-order valence-electron chi connectivity index (χ1n) is 9.75. The van der Waals surface area contributed by atoms with Gasteiger partial charge in [0.25, 0.3) is 0 Å². The predicted molar refractivity (Wildman–Crippen MR) is 115 cm³/mol. The first-order chi connectivity index (χ1) is 14.6. The van der Waals surface area contributed by atoms with Crippen molar-refractivity contribution in [3.05, 3.63) is 89.6 Å². The van der Waals surface area contributed by atoms with E-state index in [4.69, 9.17) is 4.98 Å². The van der Waals surface area contributed by atoms with Gasteiger partial charge in [0, 0.05) is 24.8 Å². The summed E-state index contributed by atoms with van der Waals surface area (Å²) >= 11 is 0. The summed E-state index contributed by atoms with van der Waals surface area (Å²) in [6.45, 7) is 2.71. The number of fused-ring (bicyclic) bond motifs is 1. The van der Waals surface area contributed by atoms with Crippen LogP contribution in [0.3, 0.4) is 0 Å². The van der Waals surface area contributed by atoms with E-state index in [1.807, 2.05) is 30.3 Å². The summed E-state index contributed by atoms with van der Waals surface area (Å²) in [5.74, 6) is 0.490. The minimum absolute atomic E-state index is 0.352. The van der Waals surface area contributed by atoms with Crippen LogP contribution in [-0.2, 0) is 13.0 Å². The molecule has 0 aliphatic carbocycles. The smallest absolute Gasteiger partial charge is 0.319 e. The number of hydrogen-bond acceptors (Lipinski definition) is 3. The van der Waals surface area contributed by atoms with Crippen molar-refractivity contribution in [1.29, 1.82) is 0 Å². The third-order valence-electron chi connectivity index (χ3n) is 4.83. The molecule has 0 atom stereocenters. The lowest BCUT2D eigenvalue weighted by atomic mass is 10.2. The van der Waals surface area contributed by atoms with Gasteiger partial charge in [-0.05, 0) is 42.3 Å². The van der Waals surface area contributed by atoms with Gasteiger partial charge in [0.2, 0.25) is 0 Å². The summed E-state index contributed by atoms with van der Waals surface area (Å²) in [5.41, 5.74) is 3.73. The van der Waals surface area contributed by atoms with E-state index in [2.05, 4.69) is 32.3 Å². The minimum atomic E-state index is -0.387. The second kappa shape index (κ2) is 8.73. The summed E-state index contributed by atoms with van der Waals surface area (Å²) in [5, 5.41) is 5.45. The van der Waals surface area contributed by atoms with Crippen molar-refractivity contribution in [2.24, 2.45) is 0 Å².